The summed E-state index contributed by atoms with van der Waals surface area (Å²) in [5.74, 6) is 0. The van der Waals surface area contributed by atoms with Gasteiger partial charge in [0.05, 0.1) is 11.3 Å². The van der Waals surface area contributed by atoms with Gasteiger partial charge in [-0.25, -0.2) is 0 Å². The first-order valence-electron chi connectivity index (χ1n) is 5.70. The van der Waals surface area contributed by atoms with Crippen LogP contribution in [0.5, 0.6) is 0 Å². The summed E-state index contributed by atoms with van der Waals surface area (Å²) in [4.78, 5) is 2.23. The molecule has 0 saturated heterocycles. The lowest BCUT2D eigenvalue weighted by Gasteiger charge is -2.30. The third kappa shape index (κ3) is 2.46. The summed E-state index contributed by atoms with van der Waals surface area (Å²) in [5.41, 5.74) is 7.96. The smallest absolute Gasteiger partial charge is 0.101 e. The molecule has 0 aliphatic heterocycles. The Balaban J connectivity index is 3.15. The van der Waals surface area contributed by atoms with E-state index in [1.165, 1.54) is 0 Å². The molecule has 0 spiro atoms. The van der Waals surface area contributed by atoms with Crippen LogP contribution in [0, 0.1) is 11.3 Å². The number of benzene rings is 1. The van der Waals surface area contributed by atoms with Gasteiger partial charge in [-0.1, -0.05) is 6.92 Å². The van der Waals surface area contributed by atoms with E-state index in [1.807, 2.05) is 12.1 Å². The fourth-order valence-corrected chi connectivity index (χ4v) is 1.83. The molecule has 3 heteroatoms. The van der Waals surface area contributed by atoms with Gasteiger partial charge in [-0.2, -0.15) is 5.26 Å². The van der Waals surface area contributed by atoms with E-state index in [2.05, 4.69) is 31.7 Å². The minimum atomic E-state index is 0.431. The van der Waals surface area contributed by atoms with Crippen LogP contribution in [0.1, 0.15) is 32.8 Å². The molecule has 0 fully saturated rings. The number of hydrogen-bond acceptors (Lipinski definition) is 3. The van der Waals surface area contributed by atoms with Gasteiger partial charge in [0.25, 0.3) is 0 Å². The average Bonchev–Trinajstić information content (AvgIpc) is 2.31. The van der Waals surface area contributed by atoms with Crippen LogP contribution < -0.4 is 10.6 Å². The average molecular weight is 217 g/mol. The van der Waals surface area contributed by atoms with Gasteiger partial charge in [0.2, 0.25) is 0 Å². The second-order valence-corrected chi connectivity index (χ2v) is 3.93. The van der Waals surface area contributed by atoms with Crippen molar-refractivity contribution < 1.29 is 0 Å². The Bertz CT molecular complexity index is 393. The van der Waals surface area contributed by atoms with E-state index in [-0.39, 0.29) is 0 Å². The van der Waals surface area contributed by atoms with Crippen molar-refractivity contribution in [3.05, 3.63) is 23.8 Å². The topological polar surface area (TPSA) is 53.0 Å². The zero-order chi connectivity index (χ0) is 12.1. The molecule has 0 amide bonds. The van der Waals surface area contributed by atoms with Gasteiger partial charge in [0, 0.05) is 18.3 Å². The van der Waals surface area contributed by atoms with E-state index in [0.29, 0.717) is 17.3 Å². The third-order valence-electron chi connectivity index (χ3n) is 2.91. The van der Waals surface area contributed by atoms with Crippen LogP contribution in [0.15, 0.2) is 18.2 Å². The maximum atomic E-state index is 9.11. The molecule has 0 bridgehead atoms. The molecular weight excluding hydrogens is 198 g/mol. The quantitative estimate of drug-likeness (QED) is 0.789. The predicted octanol–water partition coefficient (Wildman–Crippen LogP) is 2.77. The molecule has 3 nitrogen and oxygen atoms in total. The van der Waals surface area contributed by atoms with Gasteiger partial charge in [-0.15, -0.1) is 0 Å². The molecule has 1 atom stereocenters. The lowest BCUT2D eigenvalue weighted by Crippen LogP contribution is -2.32. The summed E-state index contributed by atoms with van der Waals surface area (Å²) in [7, 11) is 0. The van der Waals surface area contributed by atoms with Crippen molar-refractivity contribution in [1.82, 2.24) is 0 Å². The second-order valence-electron chi connectivity index (χ2n) is 3.93. The number of nitrogen functional groups attached to an aromatic ring is 1. The molecule has 16 heavy (non-hydrogen) atoms. The lowest BCUT2D eigenvalue weighted by atomic mass is 10.1. The standard InChI is InChI=1S/C13H19N3/c1-4-10(3)16(5-2)13-7-6-12(15)8-11(13)9-14/h6-8,10H,4-5,15H2,1-3H3. The molecular formula is C13H19N3. The largest absolute Gasteiger partial charge is 0.399 e. The lowest BCUT2D eigenvalue weighted by molar-refractivity contribution is 0.629. The van der Waals surface area contributed by atoms with Crippen molar-refractivity contribution in [2.24, 2.45) is 0 Å². The number of anilines is 2. The van der Waals surface area contributed by atoms with Gasteiger partial charge in [0.1, 0.15) is 6.07 Å². The second kappa shape index (κ2) is 5.41. The van der Waals surface area contributed by atoms with Crippen LogP contribution in [0.2, 0.25) is 0 Å². The highest BCUT2D eigenvalue weighted by atomic mass is 15.2. The van der Waals surface area contributed by atoms with Gasteiger partial charge in [-0.3, -0.25) is 0 Å². The fraction of sp³-hybridized carbons (Fsp3) is 0.462. The van der Waals surface area contributed by atoms with Gasteiger partial charge in [-0.05, 0) is 38.5 Å². The van der Waals surface area contributed by atoms with E-state index in [1.54, 1.807) is 6.07 Å². The van der Waals surface area contributed by atoms with Crippen molar-refractivity contribution in [2.45, 2.75) is 33.2 Å². The fourth-order valence-electron chi connectivity index (χ4n) is 1.83. The van der Waals surface area contributed by atoms with Crippen LogP contribution in [-0.4, -0.2) is 12.6 Å². The number of nitrogens with zero attached hydrogens (tertiary/aromatic N) is 2. The molecule has 0 aliphatic carbocycles. The highest BCUT2D eigenvalue weighted by Crippen LogP contribution is 2.24. The summed E-state index contributed by atoms with van der Waals surface area (Å²) in [5, 5.41) is 9.11. The Morgan fingerprint density at radius 2 is 2.12 bits per heavy atom. The summed E-state index contributed by atoms with van der Waals surface area (Å²) < 4.78 is 0. The summed E-state index contributed by atoms with van der Waals surface area (Å²) in [6, 6.07) is 8.16. The van der Waals surface area contributed by atoms with Crippen molar-refractivity contribution in [2.75, 3.05) is 17.2 Å². The van der Waals surface area contributed by atoms with Crippen LogP contribution >= 0.6 is 0 Å². The van der Waals surface area contributed by atoms with Crippen molar-refractivity contribution in [3.8, 4) is 6.07 Å². The van der Waals surface area contributed by atoms with Crippen molar-refractivity contribution >= 4 is 11.4 Å². The molecule has 1 aromatic carbocycles. The number of nitriles is 1. The minimum absolute atomic E-state index is 0.431. The first kappa shape index (κ1) is 12.4. The maximum Gasteiger partial charge on any atom is 0.101 e. The van der Waals surface area contributed by atoms with Crippen LogP contribution in [-0.2, 0) is 0 Å². The van der Waals surface area contributed by atoms with Crippen molar-refractivity contribution in [1.29, 1.82) is 5.26 Å². The van der Waals surface area contributed by atoms with Gasteiger partial charge < -0.3 is 10.6 Å². The zero-order valence-corrected chi connectivity index (χ0v) is 10.2. The van der Waals surface area contributed by atoms with E-state index in [4.69, 9.17) is 11.0 Å². The third-order valence-corrected chi connectivity index (χ3v) is 2.91. The van der Waals surface area contributed by atoms with Gasteiger partial charge >= 0.3 is 0 Å². The highest BCUT2D eigenvalue weighted by Gasteiger charge is 2.14. The van der Waals surface area contributed by atoms with Crippen LogP contribution in [0.25, 0.3) is 0 Å². The summed E-state index contributed by atoms with van der Waals surface area (Å²) in [6.45, 7) is 7.31. The molecule has 0 radical (unpaired) electrons. The van der Waals surface area contributed by atoms with E-state index in [0.717, 1.165) is 18.7 Å². The van der Waals surface area contributed by atoms with Crippen molar-refractivity contribution in [3.63, 3.8) is 0 Å². The first-order valence-corrected chi connectivity index (χ1v) is 5.70. The molecule has 0 heterocycles. The number of hydrogen-bond donors (Lipinski definition) is 1. The Morgan fingerprint density at radius 3 is 2.62 bits per heavy atom. The predicted molar refractivity (Wildman–Crippen MR) is 68.3 cm³/mol. The zero-order valence-electron chi connectivity index (χ0n) is 10.2. The Kier molecular flexibility index (Phi) is 4.19. The normalized spacial score (nSPS) is 11.9. The monoisotopic (exact) mass is 217 g/mol. The molecule has 1 unspecified atom stereocenters. The SMILES string of the molecule is CCC(C)N(CC)c1ccc(N)cc1C#N. The molecule has 1 aromatic rings. The summed E-state index contributed by atoms with van der Waals surface area (Å²) >= 11 is 0. The molecule has 86 valence electrons. The molecule has 0 aromatic heterocycles. The van der Waals surface area contributed by atoms with E-state index < -0.39 is 0 Å². The molecule has 0 saturated carbocycles. The Morgan fingerprint density at radius 1 is 1.44 bits per heavy atom. The Hall–Kier alpha value is -1.69. The van der Waals surface area contributed by atoms with E-state index >= 15 is 0 Å². The van der Waals surface area contributed by atoms with Crippen LogP contribution in [0.4, 0.5) is 11.4 Å². The molecule has 0 aliphatic rings. The first-order chi connectivity index (χ1) is 7.63. The number of nitrogens with two attached hydrogens (primary N) is 1. The Labute approximate surface area is 97.5 Å². The minimum Gasteiger partial charge on any atom is -0.399 e. The maximum absolute atomic E-state index is 9.11. The van der Waals surface area contributed by atoms with Crippen LogP contribution in [0.3, 0.4) is 0 Å². The van der Waals surface area contributed by atoms with E-state index in [9.17, 15) is 0 Å². The molecule has 1 rings (SSSR count). The van der Waals surface area contributed by atoms with Gasteiger partial charge in [0.15, 0.2) is 0 Å². The summed E-state index contributed by atoms with van der Waals surface area (Å²) in [6.07, 6.45) is 1.06. The number of rotatable bonds is 4. The highest BCUT2D eigenvalue weighted by molar-refractivity contribution is 5.64. The molecule has 2 N–H and O–H groups in total.